The molecule has 0 aromatic heterocycles. The fraction of sp³-hybridized carbons (Fsp3) is 0.684. The maximum absolute atomic E-state index is 6.09. The molecule has 2 heterocycles. The van der Waals surface area contributed by atoms with Crippen molar-refractivity contribution in [2.45, 2.75) is 50.9 Å². The number of hydrogen-bond acceptors (Lipinski definition) is 3. The highest BCUT2D eigenvalue weighted by Crippen LogP contribution is 2.20. The minimum atomic E-state index is 0.445. The molecular weight excluding hydrogens is 272 g/mol. The van der Waals surface area contributed by atoms with Crippen LogP contribution in [0.2, 0.25) is 0 Å². The van der Waals surface area contributed by atoms with Gasteiger partial charge in [0.05, 0.1) is 12.7 Å². The lowest BCUT2D eigenvalue weighted by atomic mass is 10.0. The quantitative estimate of drug-likeness (QED) is 0.831. The Bertz CT molecular complexity index is 428. The Hall–Kier alpha value is -0.900. The standard InChI is InChI=1S/C19H30N2O/c1-20-12-6-5-9-18(20)15-21-13-10-19(11-14-21)22-16-17-7-3-2-4-8-17/h2-4,7-8,18-19H,5-6,9-16H2,1H3. The second kappa shape index (κ2) is 8.09. The van der Waals surface area contributed by atoms with Crippen LogP contribution >= 0.6 is 0 Å². The lowest BCUT2D eigenvalue weighted by Gasteiger charge is -2.39. The fourth-order valence-corrected chi connectivity index (χ4v) is 3.72. The molecule has 0 bridgehead atoms. The zero-order valence-electron chi connectivity index (χ0n) is 13.9. The second-order valence-electron chi connectivity index (χ2n) is 6.93. The third-order valence-electron chi connectivity index (χ3n) is 5.25. The first-order valence-corrected chi connectivity index (χ1v) is 8.89. The Morgan fingerprint density at radius 1 is 1.00 bits per heavy atom. The molecule has 22 heavy (non-hydrogen) atoms. The Kier molecular flexibility index (Phi) is 5.88. The second-order valence-corrected chi connectivity index (χ2v) is 6.93. The van der Waals surface area contributed by atoms with Crippen LogP contribution in [0.3, 0.4) is 0 Å². The molecule has 0 amide bonds. The SMILES string of the molecule is CN1CCCCC1CN1CCC(OCc2ccccc2)CC1. The molecule has 1 unspecified atom stereocenters. The van der Waals surface area contributed by atoms with Crippen LogP contribution in [0.1, 0.15) is 37.7 Å². The summed E-state index contributed by atoms with van der Waals surface area (Å²) in [6.45, 7) is 5.69. The van der Waals surface area contributed by atoms with Gasteiger partial charge in [0.25, 0.3) is 0 Å². The average molecular weight is 302 g/mol. The predicted molar refractivity (Wildman–Crippen MR) is 91.0 cm³/mol. The van der Waals surface area contributed by atoms with Crippen LogP contribution in [0.25, 0.3) is 0 Å². The molecule has 2 aliphatic rings. The highest BCUT2D eigenvalue weighted by Gasteiger charge is 2.25. The number of piperidine rings is 2. The topological polar surface area (TPSA) is 15.7 Å². The van der Waals surface area contributed by atoms with Crippen LogP contribution in [-0.4, -0.2) is 55.2 Å². The first kappa shape index (κ1) is 16.0. The molecule has 1 aromatic rings. The van der Waals surface area contributed by atoms with Gasteiger partial charge < -0.3 is 14.5 Å². The first-order chi connectivity index (χ1) is 10.8. The molecule has 2 aliphatic heterocycles. The Labute approximate surface area is 135 Å². The smallest absolute Gasteiger partial charge is 0.0720 e. The molecule has 0 spiro atoms. The van der Waals surface area contributed by atoms with Crippen molar-refractivity contribution in [3.05, 3.63) is 35.9 Å². The van der Waals surface area contributed by atoms with E-state index in [1.165, 1.54) is 63.8 Å². The molecule has 2 fully saturated rings. The summed E-state index contributed by atoms with van der Waals surface area (Å²) in [6, 6.07) is 11.3. The van der Waals surface area contributed by atoms with Gasteiger partial charge in [-0.05, 0) is 44.8 Å². The van der Waals surface area contributed by atoms with Crippen molar-refractivity contribution in [3.63, 3.8) is 0 Å². The Morgan fingerprint density at radius 3 is 2.50 bits per heavy atom. The summed E-state index contributed by atoms with van der Waals surface area (Å²) in [6.07, 6.45) is 6.97. The largest absolute Gasteiger partial charge is 0.373 e. The van der Waals surface area contributed by atoms with Crippen molar-refractivity contribution in [1.82, 2.24) is 9.80 Å². The first-order valence-electron chi connectivity index (χ1n) is 8.89. The van der Waals surface area contributed by atoms with Gasteiger partial charge in [0.1, 0.15) is 0 Å². The van der Waals surface area contributed by atoms with Gasteiger partial charge in [-0.25, -0.2) is 0 Å². The van der Waals surface area contributed by atoms with Crippen LogP contribution in [0.4, 0.5) is 0 Å². The lowest BCUT2D eigenvalue weighted by molar-refractivity contribution is -0.00822. The fourth-order valence-electron chi connectivity index (χ4n) is 3.72. The van der Waals surface area contributed by atoms with Crippen LogP contribution in [0.5, 0.6) is 0 Å². The molecule has 2 saturated heterocycles. The van der Waals surface area contributed by atoms with Crippen molar-refractivity contribution < 1.29 is 4.74 Å². The summed E-state index contributed by atoms with van der Waals surface area (Å²) >= 11 is 0. The number of hydrogen-bond donors (Lipinski definition) is 0. The lowest BCUT2D eigenvalue weighted by Crippen LogP contribution is -2.47. The molecule has 1 atom stereocenters. The number of rotatable bonds is 5. The van der Waals surface area contributed by atoms with Gasteiger partial charge in [0.2, 0.25) is 0 Å². The number of benzene rings is 1. The van der Waals surface area contributed by atoms with E-state index in [0.29, 0.717) is 6.10 Å². The Balaban J connectivity index is 1.37. The highest BCUT2D eigenvalue weighted by molar-refractivity contribution is 5.13. The monoisotopic (exact) mass is 302 g/mol. The van der Waals surface area contributed by atoms with Crippen LogP contribution in [-0.2, 0) is 11.3 Å². The molecule has 3 heteroatoms. The van der Waals surface area contributed by atoms with Crippen molar-refractivity contribution in [2.75, 3.05) is 33.2 Å². The number of ether oxygens (including phenoxy) is 1. The predicted octanol–water partition coefficient (Wildman–Crippen LogP) is 3.15. The van der Waals surface area contributed by atoms with Gasteiger partial charge in [0.15, 0.2) is 0 Å². The van der Waals surface area contributed by atoms with Gasteiger partial charge in [-0.3, -0.25) is 0 Å². The maximum atomic E-state index is 6.09. The van der Waals surface area contributed by atoms with E-state index < -0.39 is 0 Å². The van der Waals surface area contributed by atoms with Gasteiger partial charge in [-0.15, -0.1) is 0 Å². The van der Waals surface area contributed by atoms with Gasteiger partial charge >= 0.3 is 0 Å². The summed E-state index contributed by atoms with van der Waals surface area (Å²) in [5.74, 6) is 0. The van der Waals surface area contributed by atoms with Crippen molar-refractivity contribution >= 4 is 0 Å². The number of nitrogens with zero attached hydrogens (tertiary/aromatic N) is 2. The third kappa shape index (κ3) is 4.55. The minimum Gasteiger partial charge on any atom is -0.373 e. The normalized spacial score (nSPS) is 25.4. The summed E-state index contributed by atoms with van der Waals surface area (Å²) in [4.78, 5) is 5.20. The van der Waals surface area contributed by atoms with Crippen molar-refractivity contribution in [2.24, 2.45) is 0 Å². The van der Waals surface area contributed by atoms with E-state index in [0.717, 1.165) is 12.6 Å². The summed E-state index contributed by atoms with van der Waals surface area (Å²) in [7, 11) is 2.29. The van der Waals surface area contributed by atoms with E-state index in [1.54, 1.807) is 0 Å². The summed E-state index contributed by atoms with van der Waals surface area (Å²) in [5, 5.41) is 0. The van der Waals surface area contributed by atoms with Crippen LogP contribution in [0.15, 0.2) is 30.3 Å². The van der Waals surface area contributed by atoms with Crippen molar-refractivity contribution in [1.29, 1.82) is 0 Å². The van der Waals surface area contributed by atoms with E-state index in [4.69, 9.17) is 4.74 Å². The third-order valence-corrected chi connectivity index (χ3v) is 5.25. The van der Waals surface area contributed by atoms with Gasteiger partial charge in [-0.2, -0.15) is 0 Å². The maximum Gasteiger partial charge on any atom is 0.0720 e. The molecule has 3 nitrogen and oxygen atoms in total. The molecule has 3 rings (SSSR count). The Morgan fingerprint density at radius 2 is 1.77 bits per heavy atom. The zero-order chi connectivity index (χ0) is 15.2. The summed E-state index contributed by atoms with van der Waals surface area (Å²) < 4.78 is 6.09. The molecule has 122 valence electrons. The van der Waals surface area contributed by atoms with E-state index in [1.807, 2.05) is 0 Å². The van der Waals surface area contributed by atoms with Crippen molar-refractivity contribution in [3.8, 4) is 0 Å². The molecular formula is C19H30N2O. The number of likely N-dealkylation sites (tertiary alicyclic amines) is 2. The zero-order valence-corrected chi connectivity index (χ0v) is 13.9. The van der Waals surface area contributed by atoms with Gasteiger partial charge in [0, 0.05) is 25.7 Å². The molecule has 0 radical (unpaired) electrons. The molecule has 0 saturated carbocycles. The van der Waals surface area contributed by atoms with Gasteiger partial charge in [-0.1, -0.05) is 36.8 Å². The molecule has 0 N–H and O–H groups in total. The highest BCUT2D eigenvalue weighted by atomic mass is 16.5. The van der Waals surface area contributed by atoms with E-state index in [-0.39, 0.29) is 0 Å². The molecule has 1 aromatic carbocycles. The molecule has 0 aliphatic carbocycles. The van der Waals surface area contributed by atoms with E-state index in [9.17, 15) is 0 Å². The summed E-state index contributed by atoms with van der Waals surface area (Å²) in [5.41, 5.74) is 1.29. The van der Waals surface area contributed by atoms with Crippen LogP contribution < -0.4 is 0 Å². The van der Waals surface area contributed by atoms with E-state index >= 15 is 0 Å². The van der Waals surface area contributed by atoms with E-state index in [2.05, 4.69) is 47.2 Å². The van der Waals surface area contributed by atoms with Crippen LogP contribution in [0, 0.1) is 0 Å². The number of likely N-dealkylation sites (N-methyl/N-ethyl adjacent to an activating group) is 1. The minimum absolute atomic E-state index is 0.445. The average Bonchev–Trinajstić information content (AvgIpc) is 2.57.